The Balaban J connectivity index is 1.95. The number of unbranched alkanes of at least 4 members (excludes halogenated alkanes) is 1. The van der Waals surface area contributed by atoms with Gasteiger partial charge in [-0.3, -0.25) is 9.59 Å². The summed E-state index contributed by atoms with van der Waals surface area (Å²) in [6.07, 6.45) is 7.97. The number of anilines is 1. The van der Waals surface area contributed by atoms with Crippen molar-refractivity contribution in [2.45, 2.75) is 57.5 Å². The molecule has 38 heavy (non-hydrogen) atoms. The maximum absolute atomic E-state index is 13.8. The summed E-state index contributed by atoms with van der Waals surface area (Å²) in [5.74, 6) is 0.363. The molecule has 2 amide bonds. The summed E-state index contributed by atoms with van der Waals surface area (Å²) in [6.45, 7) is 5.19. The molecule has 1 aliphatic heterocycles. The van der Waals surface area contributed by atoms with Crippen molar-refractivity contribution in [1.82, 2.24) is 23.9 Å². The van der Waals surface area contributed by atoms with E-state index in [2.05, 4.69) is 10.3 Å². The van der Waals surface area contributed by atoms with Crippen LogP contribution in [0.2, 0.25) is 0 Å². The van der Waals surface area contributed by atoms with Gasteiger partial charge in [0.25, 0.3) is 5.91 Å². The van der Waals surface area contributed by atoms with Crippen LogP contribution in [0.5, 0.6) is 5.75 Å². The van der Waals surface area contributed by atoms with Gasteiger partial charge < -0.3 is 19.5 Å². The second kappa shape index (κ2) is 12.3. The number of sulfonamides is 1. The number of carbonyl (C=O) groups excluding carboxylic acids is 2. The first-order chi connectivity index (χ1) is 17.9. The maximum Gasteiger partial charge on any atom is 0.253 e. The maximum atomic E-state index is 13.8. The predicted molar refractivity (Wildman–Crippen MR) is 146 cm³/mol. The summed E-state index contributed by atoms with van der Waals surface area (Å²) in [5, 5.41) is 4.19. The van der Waals surface area contributed by atoms with E-state index < -0.39 is 27.5 Å². The third-order valence-corrected chi connectivity index (χ3v) is 8.21. The van der Waals surface area contributed by atoms with Crippen LogP contribution in [0.4, 0.5) is 5.82 Å². The Kier molecular flexibility index (Phi) is 9.55. The fraction of sp³-hybridized carbons (Fsp3) is 0.577. The van der Waals surface area contributed by atoms with E-state index in [1.165, 1.54) is 11.3 Å². The minimum Gasteiger partial charge on any atom is -0.497 e. The fourth-order valence-corrected chi connectivity index (χ4v) is 6.17. The van der Waals surface area contributed by atoms with Crippen LogP contribution in [0.25, 0.3) is 0 Å². The monoisotopic (exact) mass is 548 g/mol. The Labute approximate surface area is 225 Å². The molecule has 2 aromatic rings. The zero-order valence-electron chi connectivity index (χ0n) is 23.2. The molecule has 11 nitrogen and oxygen atoms in total. The van der Waals surface area contributed by atoms with E-state index in [-0.39, 0.29) is 11.7 Å². The molecule has 210 valence electrons. The molecule has 0 aliphatic carbocycles. The van der Waals surface area contributed by atoms with Crippen LogP contribution in [0, 0.1) is 0 Å². The number of rotatable bonds is 12. The topological polar surface area (TPSA) is 117 Å². The lowest BCUT2D eigenvalue weighted by molar-refractivity contribution is -0.137. The van der Waals surface area contributed by atoms with Gasteiger partial charge in [-0.1, -0.05) is 31.9 Å². The molecular weight excluding hydrogens is 508 g/mol. The third-order valence-electron chi connectivity index (χ3n) is 6.95. The quantitative estimate of drug-likeness (QED) is 0.405. The molecule has 1 fully saturated rings. The summed E-state index contributed by atoms with van der Waals surface area (Å²) in [5.41, 5.74) is -0.362. The van der Waals surface area contributed by atoms with Crippen LogP contribution >= 0.6 is 0 Å². The molecule has 1 aromatic heterocycles. The Morgan fingerprint density at radius 3 is 2.34 bits per heavy atom. The zero-order chi connectivity index (χ0) is 28.1. The van der Waals surface area contributed by atoms with E-state index in [4.69, 9.17) is 4.74 Å². The Bertz CT molecular complexity index is 1210. The lowest BCUT2D eigenvalue weighted by atomic mass is 9.90. The number of carbonyl (C=O) groups is 2. The van der Waals surface area contributed by atoms with Crippen LogP contribution < -0.4 is 10.1 Å². The number of hydrazine groups is 1. The van der Waals surface area contributed by atoms with Gasteiger partial charge in [-0.05, 0) is 43.9 Å². The number of nitrogens with zero attached hydrogens (tertiary/aromatic N) is 5. The average Bonchev–Trinajstić information content (AvgIpc) is 3.57. The Hall–Kier alpha value is -2.96. The van der Waals surface area contributed by atoms with Crippen molar-refractivity contribution >= 4 is 27.7 Å². The minimum atomic E-state index is -3.70. The molecule has 0 spiro atoms. The Morgan fingerprint density at radius 2 is 1.82 bits per heavy atom. The zero-order valence-corrected chi connectivity index (χ0v) is 24.0. The van der Waals surface area contributed by atoms with E-state index in [0.29, 0.717) is 31.7 Å². The van der Waals surface area contributed by atoms with Gasteiger partial charge in [0.2, 0.25) is 15.9 Å². The molecule has 1 saturated heterocycles. The number of benzene rings is 1. The molecule has 3 rings (SSSR count). The highest BCUT2D eigenvalue weighted by molar-refractivity contribution is 7.88. The summed E-state index contributed by atoms with van der Waals surface area (Å²) >= 11 is 0. The number of likely N-dealkylation sites (tertiary alicyclic amines) is 1. The normalized spacial score (nSPS) is 16.5. The number of hydrogen-bond donors (Lipinski definition) is 1. The minimum absolute atomic E-state index is 0.0628. The molecule has 0 saturated carbocycles. The van der Waals surface area contributed by atoms with Crippen molar-refractivity contribution < 1.29 is 22.7 Å². The number of amides is 2. The molecule has 1 aromatic carbocycles. The number of methoxy groups -OCH3 is 1. The van der Waals surface area contributed by atoms with Gasteiger partial charge in [-0.25, -0.2) is 18.4 Å². The van der Waals surface area contributed by atoms with Crippen molar-refractivity contribution in [2.24, 2.45) is 0 Å². The van der Waals surface area contributed by atoms with E-state index in [1.54, 1.807) is 32.0 Å². The average molecular weight is 549 g/mol. The summed E-state index contributed by atoms with van der Waals surface area (Å²) < 4.78 is 33.1. The van der Waals surface area contributed by atoms with Crippen molar-refractivity contribution in [2.75, 3.05) is 45.9 Å². The van der Waals surface area contributed by atoms with Gasteiger partial charge in [0, 0.05) is 33.4 Å². The first-order valence-electron chi connectivity index (χ1n) is 12.9. The molecule has 2 unspecified atom stereocenters. The van der Waals surface area contributed by atoms with E-state index in [9.17, 15) is 18.0 Å². The molecular formula is C26H40N6O5S. The van der Waals surface area contributed by atoms with Crippen LogP contribution in [-0.4, -0.2) is 90.7 Å². The SMILES string of the molecule is CCCCC(C(=O)Nc1cn(C(C)(C(=O)N2CCCC2)c2ccc(OC)cc2)cn1)N(N(C)C)S(C)(=O)=O. The van der Waals surface area contributed by atoms with Crippen molar-refractivity contribution in [1.29, 1.82) is 0 Å². The Morgan fingerprint density at radius 1 is 1.18 bits per heavy atom. The lowest BCUT2D eigenvalue weighted by Gasteiger charge is -2.34. The lowest BCUT2D eigenvalue weighted by Crippen LogP contribution is -2.53. The van der Waals surface area contributed by atoms with Gasteiger partial charge in [-0.15, -0.1) is 4.41 Å². The van der Waals surface area contributed by atoms with Crippen LogP contribution in [0.15, 0.2) is 36.8 Å². The number of ether oxygens (including phenoxy) is 1. The van der Waals surface area contributed by atoms with Crippen molar-refractivity contribution in [3.8, 4) is 5.75 Å². The van der Waals surface area contributed by atoms with E-state index in [0.717, 1.165) is 35.5 Å². The summed E-state index contributed by atoms with van der Waals surface area (Å²) in [4.78, 5) is 33.4. The van der Waals surface area contributed by atoms with Gasteiger partial charge in [0.15, 0.2) is 5.82 Å². The van der Waals surface area contributed by atoms with Gasteiger partial charge in [0.05, 0.1) is 19.7 Å². The highest BCUT2D eigenvalue weighted by Crippen LogP contribution is 2.32. The molecule has 0 bridgehead atoms. The fourth-order valence-electron chi connectivity index (χ4n) is 4.91. The standard InChI is InChI=1S/C26H40N6O5S/c1-7-8-11-22(32(29(3)4)38(6,35)36)24(33)28-23-18-31(19-27-23)26(2,25(34)30-16-9-10-17-30)20-12-14-21(37-5)15-13-20/h12-15,18-19,22H,7-11,16-17H2,1-6H3,(H,28,33). The first kappa shape index (κ1) is 29.6. The molecule has 12 heteroatoms. The van der Waals surface area contributed by atoms with Crippen LogP contribution in [0.3, 0.4) is 0 Å². The van der Waals surface area contributed by atoms with Gasteiger partial charge >= 0.3 is 0 Å². The molecule has 0 radical (unpaired) electrons. The highest BCUT2D eigenvalue weighted by atomic mass is 32.2. The molecule has 1 aliphatic rings. The van der Waals surface area contributed by atoms with Crippen LogP contribution in [0.1, 0.15) is 51.5 Å². The number of hydrogen-bond acceptors (Lipinski definition) is 7. The van der Waals surface area contributed by atoms with E-state index in [1.807, 2.05) is 43.0 Å². The molecule has 2 atom stereocenters. The van der Waals surface area contributed by atoms with Crippen molar-refractivity contribution in [3.63, 3.8) is 0 Å². The summed E-state index contributed by atoms with van der Waals surface area (Å²) in [6, 6.07) is 6.39. The third kappa shape index (κ3) is 6.36. The molecule has 1 N–H and O–H groups in total. The number of imidazole rings is 1. The van der Waals surface area contributed by atoms with Gasteiger partial charge in [-0.2, -0.15) is 0 Å². The van der Waals surface area contributed by atoms with Crippen molar-refractivity contribution in [3.05, 3.63) is 42.4 Å². The molecule has 2 heterocycles. The van der Waals surface area contributed by atoms with E-state index >= 15 is 0 Å². The number of aromatic nitrogens is 2. The second-order valence-corrected chi connectivity index (χ2v) is 11.8. The highest BCUT2D eigenvalue weighted by Gasteiger charge is 2.41. The number of nitrogens with one attached hydrogen (secondary N) is 1. The largest absolute Gasteiger partial charge is 0.497 e. The first-order valence-corrected chi connectivity index (χ1v) is 14.7. The predicted octanol–water partition coefficient (Wildman–Crippen LogP) is 2.51. The second-order valence-electron chi connectivity index (χ2n) is 10.00. The summed E-state index contributed by atoms with van der Waals surface area (Å²) in [7, 11) is 1.07. The van der Waals surface area contributed by atoms with Crippen LogP contribution in [-0.2, 0) is 25.2 Å². The smallest absolute Gasteiger partial charge is 0.253 e. The van der Waals surface area contributed by atoms with Gasteiger partial charge in [0.1, 0.15) is 17.3 Å².